The third kappa shape index (κ3) is 6.19. The Morgan fingerprint density at radius 1 is 0.897 bits per heavy atom. The number of hydrogen-bond donors (Lipinski definition) is 2. The van der Waals surface area contributed by atoms with E-state index < -0.39 is 0 Å². The second-order valence-corrected chi connectivity index (χ2v) is 7.05. The molecule has 0 atom stereocenters. The molecule has 0 spiro atoms. The summed E-state index contributed by atoms with van der Waals surface area (Å²) < 4.78 is 5.44. The van der Waals surface area contributed by atoms with E-state index in [-0.39, 0.29) is 0 Å². The molecule has 29 heavy (non-hydrogen) atoms. The average molecular weight is 392 g/mol. The minimum atomic E-state index is 0.632. The van der Waals surface area contributed by atoms with Crippen molar-refractivity contribution in [1.82, 2.24) is 14.9 Å². The highest BCUT2D eigenvalue weighted by Crippen LogP contribution is 2.22. The summed E-state index contributed by atoms with van der Waals surface area (Å²) in [6.45, 7) is 2.45. The van der Waals surface area contributed by atoms with Crippen LogP contribution in [0.4, 0.5) is 11.8 Å². The van der Waals surface area contributed by atoms with Gasteiger partial charge < -0.3 is 20.3 Å². The minimum absolute atomic E-state index is 0.632. The van der Waals surface area contributed by atoms with Crippen LogP contribution < -0.4 is 15.4 Å². The quantitative estimate of drug-likeness (QED) is 0.548. The molecule has 0 aliphatic carbocycles. The molecule has 3 aromatic rings. The van der Waals surface area contributed by atoms with E-state index in [4.69, 9.17) is 9.72 Å². The number of ether oxygens (including phenoxy) is 1. The van der Waals surface area contributed by atoms with Gasteiger partial charge in [-0.1, -0.05) is 48.5 Å². The van der Waals surface area contributed by atoms with E-state index in [2.05, 4.69) is 38.7 Å². The summed E-state index contributed by atoms with van der Waals surface area (Å²) in [5.41, 5.74) is 3.13. The highest BCUT2D eigenvalue weighted by molar-refractivity contribution is 5.64. The number of anilines is 2. The van der Waals surface area contributed by atoms with Crippen LogP contribution in [0.3, 0.4) is 0 Å². The maximum Gasteiger partial charge on any atom is 0.225 e. The molecular weight excluding hydrogens is 362 g/mol. The summed E-state index contributed by atoms with van der Waals surface area (Å²) in [6, 6.07) is 20.2. The summed E-state index contributed by atoms with van der Waals surface area (Å²) in [7, 11) is 5.80. The van der Waals surface area contributed by atoms with Gasteiger partial charge in [0.15, 0.2) is 0 Å². The molecule has 3 rings (SSSR count). The summed E-state index contributed by atoms with van der Waals surface area (Å²) >= 11 is 0. The SMILES string of the molecule is COc1ccccc1CCNc1cc(-c2ccccc2)nc(NCCN(C)C)n1. The summed E-state index contributed by atoms with van der Waals surface area (Å²) in [5.74, 6) is 2.35. The molecule has 0 unspecified atom stereocenters. The van der Waals surface area contributed by atoms with E-state index in [0.717, 1.165) is 48.9 Å². The molecule has 6 heteroatoms. The highest BCUT2D eigenvalue weighted by Gasteiger charge is 2.08. The van der Waals surface area contributed by atoms with Crippen LogP contribution in [-0.4, -0.2) is 55.7 Å². The van der Waals surface area contributed by atoms with E-state index in [9.17, 15) is 0 Å². The van der Waals surface area contributed by atoms with Crippen molar-refractivity contribution in [1.29, 1.82) is 0 Å². The van der Waals surface area contributed by atoms with Crippen LogP contribution in [0.1, 0.15) is 5.56 Å². The number of para-hydroxylation sites is 1. The van der Waals surface area contributed by atoms with Crippen LogP contribution in [0.5, 0.6) is 5.75 Å². The maximum absolute atomic E-state index is 5.44. The number of likely N-dealkylation sites (N-methyl/N-ethyl adjacent to an activating group) is 1. The molecular formula is C23H29N5O. The molecule has 0 radical (unpaired) electrons. The number of nitrogens with one attached hydrogen (secondary N) is 2. The van der Waals surface area contributed by atoms with Gasteiger partial charge in [0.25, 0.3) is 0 Å². The Hall–Kier alpha value is -3.12. The second-order valence-electron chi connectivity index (χ2n) is 7.05. The maximum atomic E-state index is 5.44. The Balaban J connectivity index is 1.73. The van der Waals surface area contributed by atoms with Gasteiger partial charge >= 0.3 is 0 Å². The first kappa shape index (κ1) is 20.6. The average Bonchev–Trinajstić information content (AvgIpc) is 2.74. The van der Waals surface area contributed by atoms with Crippen LogP contribution in [0.2, 0.25) is 0 Å². The van der Waals surface area contributed by atoms with Crippen molar-refractivity contribution in [3.05, 3.63) is 66.2 Å². The first-order valence-electron chi connectivity index (χ1n) is 9.84. The van der Waals surface area contributed by atoms with Crippen molar-refractivity contribution in [3.8, 4) is 17.0 Å². The van der Waals surface area contributed by atoms with Gasteiger partial charge in [0.1, 0.15) is 11.6 Å². The molecule has 0 aliphatic rings. The highest BCUT2D eigenvalue weighted by atomic mass is 16.5. The van der Waals surface area contributed by atoms with Gasteiger partial charge in [-0.2, -0.15) is 4.98 Å². The van der Waals surface area contributed by atoms with Crippen LogP contribution in [0, 0.1) is 0 Å². The third-order valence-corrected chi connectivity index (χ3v) is 4.53. The number of nitrogens with zero attached hydrogens (tertiary/aromatic N) is 3. The first-order chi connectivity index (χ1) is 14.2. The Kier molecular flexibility index (Phi) is 7.41. The van der Waals surface area contributed by atoms with E-state index in [1.165, 1.54) is 5.56 Å². The Labute approximate surface area is 173 Å². The summed E-state index contributed by atoms with van der Waals surface area (Å²) in [6.07, 6.45) is 0.845. The van der Waals surface area contributed by atoms with Crippen molar-refractivity contribution in [2.45, 2.75) is 6.42 Å². The lowest BCUT2D eigenvalue weighted by molar-refractivity contribution is 0.410. The van der Waals surface area contributed by atoms with Crippen LogP contribution in [0.25, 0.3) is 11.3 Å². The minimum Gasteiger partial charge on any atom is -0.496 e. The van der Waals surface area contributed by atoms with Gasteiger partial charge in [0, 0.05) is 31.3 Å². The fourth-order valence-electron chi connectivity index (χ4n) is 3.00. The largest absolute Gasteiger partial charge is 0.496 e. The second kappa shape index (κ2) is 10.4. The molecule has 0 amide bonds. The van der Waals surface area contributed by atoms with Crippen molar-refractivity contribution in [2.75, 3.05) is 51.5 Å². The van der Waals surface area contributed by atoms with Gasteiger partial charge in [-0.05, 0) is 32.1 Å². The third-order valence-electron chi connectivity index (χ3n) is 4.53. The molecule has 6 nitrogen and oxygen atoms in total. The van der Waals surface area contributed by atoms with Crippen molar-refractivity contribution in [2.24, 2.45) is 0 Å². The molecule has 1 aromatic heterocycles. The smallest absolute Gasteiger partial charge is 0.225 e. The zero-order valence-electron chi connectivity index (χ0n) is 17.4. The predicted octanol–water partition coefficient (Wildman–Crippen LogP) is 3.78. The molecule has 1 heterocycles. The lowest BCUT2D eigenvalue weighted by atomic mass is 10.1. The Bertz CT molecular complexity index is 899. The Morgan fingerprint density at radius 3 is 2.41 bits per heavy atom. The zero-order chi connectivity index (χ0) is 20.5. The van der Waals surface area contributed by atoms with E-state index in [1.807, 2.05) is 56.6 Å². The lowest BCUT2D eigenvalue weighted by Gasteiger charge is -2.14. The van der Waals surface area contributed by atoms with E-state index >= 15 is 0 Å². The summed E-state index contributed by atoms with van der Waals surface area (Å²) in [4.78, 5) is 11.5. The van der Waals surface area contributed by atoms with Crippen LogP contribution in [0.15, 0.2) is 60.7 Å². The molecule has 0 saturated carbocycles. The normalized spacial score (nSPS) is 10.8. The zero-order valence-corrected chi connectivity index (χ0v) is 17.4. The number of methoxy groups -OCH3 is 1. The molecule has 2 N–H and O–H groups in total. The molecule has 0 aliphatic heterocycles. The number of aromatic nitrogens is 2. The van der Waals surface area contributed by atoms with Gasteiger partial charge in [0.2, 0.25) is 5.95 Å². The van der Waals surface area contributed by atoms with Crippen molar-refractivity contribution >= 4 is 11.8 Å². The van der Waals surface area contributed by atoms with E-state index in [0.29, 0.717) is 5.95 Å². The van der Waals surface area contributed by atoms with Crippen LogP contribution in [-0.2, 0) is 6.42 Å². The van der Waals surface area contributed by atoms with Crippen LogP contribution >= 0.6 is 0 Å². The lowest BCUT2D eigenvalue weighted by Crippen LogP contribution is -2.21. The van der Waals surface area contributed by atoms with Crippen molar-refractivity contribution < 1.29 is 4.74 Å². The number of rotatable bonds is 10. The number of hydrogen-bond acceptors (Lipinski definition) is 6. The van der Waals surface area contributed by atoms with Gasteiger partial charge in [-0.3, -0.25) is 0 Å². The molecule has 2 aromatic carbocycles. The first-order valence-corrected chi connectivity index (χ1v) is 9.84. The van der Waals surface area contributed by atoms with Gasteiger partial charge in [-0.15, -0.1) is 0 Å². The monoisotopic (exact) mass is 391 g/mol. The van der Waals surface area contributed by atoms with Gasteiger partial charge in [-0.25, -0.2) is 4.98 Å². The fourth-order valence-corrected chi connectivity index (χ4v) is 3.00. The number of benzene rings is 2. The molecule has 0 bridgehead atoms. The molecule has 0 fully saturated rings. The standard InChI is InChI=1S/C23H29N5O/c1-28(2)16-15-25-23-26-20(18-9-5-4-6-10-18)17-22(27-23)24-14-13-19-11-7-8-12-21(19)29-3/h4-12,17H,13-16H2,1-3H3,(H2,24,25,26,27). The van der Waals surface area contributed by atoms with Crippen molar-refractivity contribution in [3.63, 3.8) is 0 Å². The van der Waals surface area contributed by atoms with Gasteiger partial charge in [0.05, 0.1) is 12.8 Å². The molecule has 0 saturated heterocycles. The molecule has 152 valence electrons. The predicted molar refractivity (Wildman–Crippen MR) is 120 cm³/mol. The summed E-state index contributed by atoms with van der Waals surface area (Å²) in [5, 5.41) is 6.77. The van der Waals surface area contributed by atoms with E-state index in [1.54, 1.807) is 7.11 Å². The fraction of sp³-hybridized carbons (Fsp3) is 0.304. The topological polar surface area (TPSA) is 62.3 Å². The Morgan fingerprint density at radius 2 is 1.66 bits per heavy atom.